The monoisotopic (exact) mass is 582 g/mol. The van der Waals surface area contributed by atoms with Gasteiger partial charge in [0.15, 0.2) is 23.3 Å². The Hall–Kier alpha value is -2.99. The van der Waals surface area contributed by atoms with Crippen LogP contribution < -0.4 is 20.3 Å². The van der Waals surface area contributed by atoms with Crippen LogP contribution in [0.1, 0.15) is 59.3 Å². The van der Waals surface area contributed by atoms with Gasteiger partial charge in [-0.05, 0) is 45.7 Å². The minimum Gasteiger partial charge on any atom is -0.480 e. The summed E-state index contributed by atoms with van der Waals surface area (Å²) in [5.74, 6) is -2.93. The molecule has 12 heteroatoms. The van der Waals surface area contributed by atoms with Crippen LogP contribution in [-0.2, 0) is 14.3 Å². The van der Waals surface area contributed by atoms with Crippen LogP contribution in [-0.4, -0.2) is 68.6 Å². The molecular formula is C28H40F2N4O5S. The van der Waals surface area contributed by atoms with Gasteiger partial charge in [-0.3, -0.25) is 4.79 Å². The fourth-order valence-electron chi connectivity index (χ4n) is 4.04. The maximum atomic E-state index is 14.7. The van der Waals surface area contributed by atoms with Crippen LogP contribution in [0, 0.1) is 11.6 Å². The van der Waals surface area contributed by atoms with Gasteiger partial charge >= 0.3 is 6.09 Å². The summed E-state index contributed by atoms with van der Waals surface area (Å²) in [4.78, 5) is 30.5. The molecule has 1 saturated heterocycles. The van der Waals surface area contributed by atoms with Crippen LogP contribution >= 0.6 is 11.3 Å². The normalized spacial score (nSPS) is 13.7. The van der Waals surface area contributed by atoms with Gasteiger partial charge in [0.25, 0.3) is 5.91 Å². The number of morpholine rings is 1. The molecule has 0 spiro atoms. The first-order valence-corrected chi connectivity index (χ1v) is 14.6. The number of anilines is 1. The number of carbonyl (C=O) groups excluding carboxylic acids is 2. The molecule has 0 unspecified atom stereocenters. The third-order valence-electron chi connectivity index (χ3n) is 6.04. The fraction of sp³-hybridized carbons (Fsp3) is 0.607. The number of hydrogen-bond acceptors (Lipinski definition) is 8. The number of halogens is 2. The number of alkyl carbamates (subject to hydrolysis) is 1. The number of benzene rings is 1. The molecule has 3 rings (SSSR count). The smallest absolute Gasteiger partial charge is 0.407 e. The Morgan fingerprint density at radius 3 is 2.35 bits per heavy atom. The van der Waals surface area contributed by atoms with Crippen molar-refractivity contribution < 1.29 is 32.6 Å². The molecule has 1 aliphatic heterocycles. The molecule has 9 nitrogen and oxygen atoms in total. The molecule has 0 atom stereocenters. The van der Waals surface area contributed by atoms with E-state index in [2.05, 4.69) is 20.5 Å². The molecular weight excluding hydrogens is 542 g/mol. The highest BCUT2D eigenvalue weighted by Crippen LogP contribution is 2.36. The number of aromatic nitrogens is 1. The zero-order valence-corrected chi connectivity index (χ0v) is 24.3. The zero-order valence-electron chi connectivity index (χ0n) is 23.5. The molecule has 222 valence electrons. The molecule has 40 heavy (non-hydrogen) atoms. The first-order chi connectivity index (χ1) is 19.1. The predicted molar refractivity (Wildman–Crippen MR) is 151 cm³/mol. The average Bonchev–Trinajstić information content (AvgIpc) is 3.40. The maximum Gasteiger partial charge on any atom is 0.407 e. The standard InChI is InChI=1S/C28H40F2N4O5S/c1-28(2,3)39-27(36)32-13-9-7-5-4-6-8-12-31-23(35)18-38-25-20(10-11-21(29)24(25)30)22-19-40-26(33-22)34-14-16-37-17-15-34/h10-11,19H,4-9,12-18H2,1-3H3,(H,31,35)(H,32,36). The summed E-state index contributed by atoms with van der Waals surface area (Å²) in [5, 5.41) is 8.04. The lowest BCUT2D eigenvalue weighted by molar-refractivity contribution is -0.123. The second-order valence-corrected chi connectivity index (χ2v) is 11.4. The van der Waals surface area contributed by atoms with Crippen LogP contribution in [0.3, 0.4) is 0 Å². The van der Waals surface area contributed by atoms with Gasteiger partial charge in [0.2, 0.25) is 5.82 Å². The van der Waals surface area contributed by atoms with Crippen LogP contribution in [0.25, 0.3) is 11.3 Å². The summed E-state index contributed by atoms with van der Waals surface area (Å²) in [6.45, 7) is 8.74. The third-order valence-corrected chi connectivity index (χ3v) is 6.94. The van der Waals surface area contributed by atoms with E-state index in [9.17, 15) is 18.4 Å². The number of amides is 2. The number of rotatable bonds is 14. The number of carbonyl (C=O) groups is 2. The lowest BCUT2D eigenvalue weighted by Gasteiger charge is -2.26. The fourth-order valence-corrected chi connectivity index (χ4v) is 4.92. The van der Waals surface area contributed by atoms with E-state index in [1.54, 1.807) is 5.38 Å². The third kappa shape index (κ3) is 10.5. The van der Waals surface area contributed by atoms with Crippen molar-refractivity contribution in [2.45, 2.75) is 64.9 Å². The van der Waals surface area contributed by atoms with Crippen LogP contribution in [0.4, 0.5) is 18.7 Å². The number of hydrogen-bond donors (Lipinski definition) is 2. The molecule has 2 N–H and O–H groups in total. The highest BCUT2D eigenvalue weighted by Gasteiger charge is 2.21. The minimum atomic E-state index is -1.15. The van der Waals surface area contributed by atoms with E-state index in [-0.39, 0.29) is 5.75 Å². The summed E-state index contributed by atoms with van der Waals surface area (Å²) >= 11 is 1.41. The van der Waals surface area contributed by atoms with E-state index in [1.807, 2.05) is 20.8 Å². The van der Waals surface area contributed by atoms with E-state index in [0.717, 1.165) is 49.7 Å². The van der Waals surface area contributed by atoms with Crippen molar-refractivity contribution in [1.82, 2.24) is 15.6 Å². The Labute approximate surface area is 238 Å². The summed E-state index contributed by atoms with van der Waals surface area (Å²) in [6, 6.07) is 2.44. The first-order valence-electron chi connectivity index (χ1n) is 13.8. The van der Waals surface area contributed by atoms with Gasteiger partial charge in [-0.1, -0.05) is 25.7 Å². The second-order valence-electron chi connectivity index (χ2n) is 10.5. The van der Waals surface area contributed by atoms with Crippen molar-refractivity contribution in [3.05, 3.63) is 29.1 Å². The van der Waals surface area contributed by atoms with E-state index in [1.165, 1.54) is 17.4 Å². The van der Waals surface area contributed by atoms with Gasteiger partial charge in [0.05, 0.1) is 18.9 Å². The van der Waals surface area contributed by atoms with Gasteiger partial charge in [-0.2, -0.15) is 4.39 Å². The molecule has 2 heterocycles. The molecule has 1 aromatic carbocycles. The van der Waals surface area contributed by atoms with E-state index in [4.69, 9.17) is 14.2 Å². The Morgan fingerprint density at radius 1 is 1.02 bits per heavy atom. The molecule has 0 saturated carbocycles. The summed E-state index contributed by atoms with van der Waals surface area (Å²) < 4.78 is 44.7. The van der Waals surface area contributed by atoms with Crippen molar-refractivity contribution in [2.75, 3.05) is 50.9 Å². The molecule has 1 fully saturated rings. The number of unbranched alkanes of at least 4 members (excludes halogenated alkanes) is 5. The number of nitrogens with zero attached hydrogens (tertiary/aromatic N) is 2. The molecule has 0 radical (unpaired) electrons. The lowest BCUT2D eigenvalue weighted by atomic mass is 10.1. The topological polar surface area (TPSA) is 102 Å². The molecule has 1 aromatic heterocycles. The SMILES string of the molecule is CC(C)(C)OC(=O)NCCCCCCCCNC(=O)COc1c(-c2csc(N3CCOCC3)n2)ccc(F)c1F. The van der Waals surface area contributed by atoms with E-state index < -0.39 is 35.8 Å². The Kier molecular flexibility index (Phi) is 12.4. The minimum absolute atomic E-state index is 0.295. The van der Waals surface area contributed by atoms with E-state index >= 15 is 0 Å². The van der Waals surface area contributed by atoms with Crippen molar-refractivity contribution >= 4 is 28.5 Å². The molecule has 2 aromatic rings. The average molecular weight is 583 g/mol. The van der Waals surface area contributed by atoms with Crippen molar-refractivity contribution in [1.29, 1.82) is 0 Å². The number of ether oxygens (including phenoxy) is 3. The van der Waals surface area contributed by atoms with E-state index in [0.29, 0.717) is 50.7 Å². The molecule has 1 aliphatic rings. The zero-order chi connectivity index (χ0) is 29.0. The molecule has 0 aliphatic carbocycles. The highest BCUT2D eigenvalue weighted by molar-refractivity contribution is 7.14. The quantitative estimate of drug-likeness (QED) is 0.292. The Morgan fingerprint density at radius 2 is 1.68 bits per heavy atom. The predicted octanol–water partition coefficient (Wildman–Crippen LogP) is 5.29. The van der Waals surface area contributed by atoms with Crippen LogP contribution in [0.15, 0.2) is 17.5 Å². The highest BCUT2D eigenvalue weighted by atomic mass is 32.1. The lowest BCUT2D eigenvalue weighted by Crippen LogP contribution is -2.36. The summed E-state index contributed by atoms with van der Waals surface area (Å²) in [6.07, 6.45) is 5.24. The maximum absolute atomic E-state index is 14.7. The van der Waals surface area contributed by atoms with Gasteiger partial charge in [-0.25, -0.2) is 14.2 Å². The van der Waals surface area contributed by atoms with Gasteiger partial charge in [-0.15, -0.1) is 11.3 Å². The van der Waals surface area contributed by atoms with Gasteiger partial charge in [0, 0.05) is 37.1 Å². The van der Waals surface area contributed by atoms with Gasteiger partial charge < -0.3 is 29.7 Å². The summed E-state index contributed by atoms with van der Waals surface area (Å²) in [7, 11) is 0. The van der Waals surface area contributed by atoms with Crippen molar-refractivity contribution in [3.8, 4) is 17.0 Å². The Balaban J connectivity index is 1.34. The Bertz CT molecular complexity index is 1100. The van der Waals surface area contributed by atoms with Crippen molar-refractivity contribution in [2.24, 2.45) is 0 Å². The van der Waals surface area contributed by atoms with Crippen LogP contribution in [0.2, 0.25) is 0 Å². The largest absolute Gasteiger partial charge is 0.480 e. The first kappa shape index (κ1) is 31.5. The summed E-state index contributed by atoms with van der Waals surface area (Å²) in [5.41, 5.74) is 0.254. The molecule has 2 amide bonds. The second kappa shape index (κ2) is 15.7. The van der Waals surface area contributed by atoms with Gasteiger partial charge in [0.1, 0.15) is 5.60 Å². The van der Waals surface area contributed by atoms with Crippen molar-refractivity contribution in [3.63, 3.8) is 0 Å². The number of thiazole rings is 1. The van der Waals surface area contributed by atoms with Crippen LogP contribution in [0.5, 0.6) is 5.75 Å². The number of nitrogens with one attached hydrogen (secondary N) is 2. The molecule has 0 bridgehead atoms.